The number of esters is 1. The number of aromatic nitrogens is 3. The first kappa shape index (κ1) is 23.1. The fourth-order valence-electron chi connectivity index (χ4n) is 3.53. The van der Waals surface area contributed by atoms with E-state index in [1.54, 1.807) is 16.7 Å². The van der Waals surface area contributed by atoms with Gasteiger partial charge in [-0.05, 0) is 73.2 Å². The highest BCUT2D eigenvalue weighted by Crippen LogP contribution is 2.39. The molecule has 1 aliphatic carbocycles. The molecule has 11 heteroatoms. The van der Waals surface area contributed by atoms with Crippen molar-refractivity contribution in [2.45, 2.75) is 50.8 Å². The third-order valence-corrected chi connectivity index (χ3v) is 7.59. The SMILES string of the molecule is CC(C)OC(=O)c1c(NC(=O)CSc2nnc(-c3ccc(Br)o3)n2C)sc2c1CCCC2. The summed E-state index contributed by atoms with van der Waals surface area (Å²) >= 11 is 6.03. The van der Waals surface area contributed by atoms with Gasteiger partial charge in [0.25, 0.3) is 0 Å². The summed E-state index contributed by atoms with van der Waals surface area (Å²) in [6.07, 6.45) is 3.67. The summed E-state index contributed by atoms with van der Waals surface area (Å²) in [5.74, 6) is 0.709. The number of rotatable bonds is 7. The van der Waals surface area contributed by atoms with Crippen molar-refractivity contribution >= 4 is 55.9 Å². The number of carbonyl (C=O) groups excluding carboxylic acids is 2. The van der Waals surface area contributed by atoms with Crippen LogP contribution in [0.4, 0.5) is 5.00 Å². The number of halogens is 1. The lowest BCUT2D eigenvalue weighted by Crippen LogP contribution is -2.19. The third kappa shape index (κ3) is 4.94. The van der Waals surface area contributed by atoms with Gasteiger partial charge in [-0.2, -0.15) is 0 Å². The monoisotopic (exact) mass is 538 g/mol. The Labute approximate surface area is 202 Å². The van der Waals surface area contributed by atoms with Crippen LogP contribution in [0.2, 0.25) is 0 Å². The van der Waals surface area contributed by atoms with Crippen LogP contribution in [-0.4, -0.2) is 38.5 Å². The summed E-state index contributed by atoms with van der Waals surface area (Å²) in [6.45, 7) is 3.64. The maximum absolute atomic E-state index is 12.7. The highest BCUT2D eigenvalue weighted by atomic mass is 79.9. The van der Waals surface area contributed by atoms with Gasteiger partial charge in [0, 0.05) is 11.9 Å². The van der Waals surface area contributed by atoms with E-state index in [9.17, 15) is 9.59 Å². The Bertz CT molecular complexity index is 1150. The van der Waals surface area contributed by atoms with Gasteiger partial charge in [0.05, 0.1) is 17.4 Å². The van der Waals surface area contributed by atoms with Crippen molar-refractivity contribution in [1.29, 1.82) is 0 Å². The molecule has 170 valence electrons. The van der Waals surface area contributed by atoms with E-state index < -0.39 is 0 Å². The zero-order chi connectivity index (χ0) is 22.8. The van der Waals surface area contributed by atoms with Crippen LogP contribution in [0.15, 0.2) is 26.4 Å². The molecule has 3 aromatic rings. The van der Waals surface area contributed by atoms with Crippen molar-refractivity contribution in [1.82, 2.24) is 14.8 Å². The van der Waals surface area contributed by atoms with Gasteiger partial charge in [0.2, 0.25) is 5.91 Å². The van der Waals surface area contributed by atoms with Gasteiger partial charge in [-0.3, -0.25) is 4.79 Å². The second-order valence-electron chi connectivity index (χ2n) is 7.67. The van der Waals surface area contributed by atoms with E-state index in [1.807, 2.05) is 20.9 Å². The van der Waals surface area contributed by atoms with Crippen LogP contribution in [0.5, 0.6) is 0 Å². The van der Waals surface area contributed by atoms with Crippen LogP contribution >= 0.6 is 39.0 Å². The molecule has 4 rings (SSSR count). The summed E-state index contributed by atoms with van der Waals surface area (Å²) in [7, 11) is 1.82. The predicted octanol–water partition coefficient (Wildman–Crippen LogP) is 5.07. The lowest BCUT2D eigenvalue weighted by molar-refractivity contribution is -0.113. The minimum atomic E-state index is -0.370. The lowest BCUT2D eigenvalue weighted by Gasteiger charge is -2.14. The molecule has 32 heavy (non-hydrogen) atoms. The summed E-state index contributed by atoms with van der Waals surface area (Å²) in [4.78, 5) is 26.6. The molecule has 0 spiro atoms. The lowest BCUT2D eigenvalue weighted by atomic mass is 9.95. The summed E-state index contributed by atoms with van der Waals surface area (Å²) < 4.78 is 13.4. The van der Waals surface area contributed by atoms with Crippen molar-refractivity contribution in [2.75, 3.05) is 11.1 Å². The molecule has 3 aromatic heterocycles. The number of furan rings is 1. The van der Waals surface area contributed by atoms with Gasteiger partial charge in [-0.1, -0.05) is 11.8 Å². The number of anilines is 1. The second kappa shape index (κ2) is 9.80. The molecule has 0 atom stereocenters. The van der Waals surface area contributed by atoms with Crippen LogP contribution in [0.1, 0.15) is 47.5 Å². The van der Waals surface area contributed by atoms with E-state index in [-0.39, 0.29) is 23.7 Å². The van der Waals surface area contributed by atoms with E-state index in [0.29, 0.717) is 32.0 Å². The number of thiophene rings is 1. The molecule has 1 amide bonds. The molecular formula is C21H23BrN4O4S2. The first-order valence-electron chi connectivity index (χ1n) is 10.3. The Morgan fingerprint density at radius 3 is 2.81 bits per heavy atom. The first-order valence-corrected chi connectivity index (χ1v) is 12.9. The number of nitrogens with zero attached hydrogens (tertiary/aromatic N) is 3. The Hall–Kier alpha value is -2.11. The zero-order valence-electron chi connectivity index (χ0n) is 17.9. The van der Waals surface area contributed by atoms with E-state index in [1.165, 1.54) is 23.1 Å². The Kier molecular flexibility index (Phi) is 7.06. The molecule has 0 unspecified atom stereocenters. The van der Waals surface area contributed by atoms with Crippen molar-refractivity contribution < 1.29 is 18.7 Å². The van der Waals surface area contributed by atoms with Crippen LogP contribution in [-0.2, 0) is 29.4 Å². The summed E-state index contributed by atoms with van der Waals surface area (Å²) in [5.41, 5.74) is 1.54. The molecule has 1 aliphatic rings. The first-order chi connectivity index (χ1) is 15.3. The Morgan fingerprint density at radius 2 is 2.09 bits per heavy atom. The number of hydrogen-bond donors (Lipinski definition) is 1. The van der Waals surface area contributed by atoms with E-state index in [0.717, 1.165) is 36.1 Å². The number of carbonyl (C=O) groups is 2. The molecule has 0 bridgehead atoms. The van der Waals surface area contributed by atoms with Crippen LogP contribution in [0.3, 0.4) is 0 Å². The maximum atomic E-state index is 12.7. The van der Waals surface area contributed by atoms with Gasteiger partial charge in [0.1, 0.15) is 5.00 Å². The van der Waals surface area contributed by atoms with Gasteiger partial charge in [-0.15, -0.1) is 21.5 Å². The number of fused-ring (bicyclic) bond motifs is 1. The van der Waals surface area contributed by atoms with Gasteiger partial charge >= 0.3 is 5.97 Å². The average molecular weight is 539 g/mol. The summed E-state index contributed by atoms with van der Waals surface area (Å²) in [6, 6.07) is 3.58. The average Bonchev–Trinajstić information content (AvgIpc) is 3.42. The highest BCUT2D eigenvalue weighted by Gasteiger charge is 2.28. The number of thioether (sulfide) groups is 1. The topological polar surface area (TPSA) is 99.2 Å². The van der Waals surface area contributed by atoms with Gasteiger partial charge in [0.15, 0.2) is 21.4 Å². The standard InChI is InChI=1S/C21H23BrN4O4S2/c1-11(2)29-20(28)17-12-6-4-5-7-14(12)32-19(17)23-16(27)10-31-21-25-24-18(26(21)3)13-8-9-15(22)30-13/h8-9,11H,4-7,10H2,1-3H3,(H,23,27). The Morgan fingerprint density at radius 1 is 1.31 bits per heavy atom. The number of nitrogens with one attached hydrogen (secondary N) is 1. The predicted molar refractivity (Wildman–Crippen MR) is 127 cm³/mol. The summed E-state index contributed by atoms with van der Waals surface area (Å²) in [5, 5.41) is 12.4. The van der Waals surface area contributed by atoms with Crippen molar-refractivity contribution in [2.24, 2.45) is 7.05 Å². The quantitative estimate of drug-likeness (QED) is 0.331. The number of aryl methyl sites for hydroxylation is 1. The fourth-order valence-corrected chi connectivity index (χ4v) is 5.84. The largest absolute Gasteiger partial charge is 0.459 e. The van der Waals surface area contributed by atoms with E-state index >= 15 is 0 Å². The minimum absolute atomic E-state index is 0.134. The second-order valence-corrected chi connectivity index (χ2v) is 10.5. The van der Waals surface area contributed by atoms with Gasteiger partial charge < -0.3 is 19.0 Å². The minimum Gasteiger partial charge on any atom is -0.459 e. The molecule has 0 aromatic carbocycles. The Balaban J connectivity index is 1.46. The molecule has 0 aliphatic heterocycles. The normalized spacial score (nSPS) is 13.3. The van der Waals surface area contributed by atoms with E-state index in [2.05, 4.69) is 31.4 Å². The van der Waals surface area contributed by atoms with Crippen molar-refractivity contribution in [3.05, 3.63) is 32.8 Å². The van der Waals surface area contributed by atoms with Crippen LogP contribution in [0.25, 0.3) is 11.6 Å². The maximum Gasteiger partial charge on any atom is 0.341 e. The molecular weight excluding hydrogens is 516 g/mol. The van der Waals surface area contributed by atoms with Gasteiger partial charge in [-0.25, -0.2) is 4.79 Å². The highest BCUT2D eigenvalue weighted by molar-refractivity contribution is 9.10. The molecule has 8 nitrogen and oxygen atoms in total. The zero-order valence-corrected chi connectivity index (χ0v) is 21.2. The molecule has 0 fully saturated rings. The smallest absolute Gasteiger partial charge is 0.341 e. The van der Waals surface area contributed by atoms with Crippen LogP contribution in [0, 0.1) is 0 Å². The number of hydrogen-bond acceptors (Lipinski definition) is 8. The number of ether oxygens (including phenoxy) is 1. The third-order valence-electron chi connectivity index (χ3n) is 4.93. The number of amides is 1. The fraction of sp³-hybridized carbons (Fsp3) is 0.429. The molecule has 1 N–H and O–H groups in total. The van der Waals surface area contributed by atoms with E-state index in [4.69, 9.17) is 9.15 Å². The van der Waals surface area contributed by atoms with Crippen molar-refractivity contribution in [3.63, 3.8) is 0 Å². The van der Waals surface area contributed by atoms with Crippen molar-refractivity contribution in [3.8, 4) is 11.6 Å². The molecule has 0 saturated carbocycles. The molecule has 3 heterocycles. The molecule has 0 radical (unpaired) electrons. The molecule has 0 saturated heterocycles. The van der Waals surface area contributed by atoms with Crippen LogP contribution < -0.4 is 5.32 Å².